The SMILES string of the molecule is CCOC(=O)C1CCC(CN(CC2=CC=CCC2(Cl)I)S(=O)(=O)c2ccc(C)cc2)CC1. The summed E-state index contributed by atoms with van der Waals surface area (Å²) in [5.74, 6) is -0.0185. The van der Waals surface area contributed by atoms with Crippen molar-refractivity contribution in [2.75, 3.05) is 19.7 Å². The summed E-state index contributed by atoms with van der Waals surface area (Å²) in [4.78, 5) is 12.4. The van der Waals surface area contributed by atoms with E-state index in [1.807, 2.05) is 44.2 Å². The molecule has 0 spiro atoms. The molecule has 8 heteroatoms. The van der Waals surface area contributed by atoms with Crippen LogP contribution in [0.4, 0.5) is 0 Å². The largest absolute Gasteiger partial charge is 0.466 e. The first-order valence-corrected chi connectivity index (χ1v) is 14.0. The van der Waals surface area contributed by atoms with E-state index in [0.717, 1.165) is 36.8 Å². The fraction of sp³-hybridized carbons (Fsp3) is 0.542. The highest BCUT2D eigenvalue weighted by Gasteiger charge is 2.36. The highest BCUT2D eigenvalue weighted by Crippen LogP contribution is 2.40. The first-order valence-electron chi connectivity index (χ1n) is 11.1. The Balaban J connectivity index is 1.80. The Labute approximate surface area is 210 Å². The number of halogens is 2. The van der Waals surface area contributed by atoms with E-state index in [2.05, 4.69) is 22.6 Å². The number of aryl methyl sites for hydroxylation is 1. The number of esters is 1. The van der Waals surface area contributed by atoms with Gasteiger partial charge >= 0.3 is 5.97 Å². The van der Waals surface area contributed by atoms with Crippen LogP contribution in [0.15, 0.2) is 53.0 Å². The molecule has 0 aliphatic heterocycles. The van der Waals surface area contributed by atoms with E-state index in [4.69, 9.17) is 16.3 Å². The molecule has 1 unspecified atom stereocenters. The molecule has 0 radical (unpaired) electrons. The Morgan fingerprint density at radius 1 is 1.22 bits per heavy atom. The van der Waals surface area contributed by atoms with E-state index < -0.39 is 12.9 Å². The van der Waals surface area contributed by atoms with Gasteiger partial charge in [-0.1, -0.05) is 58.5 Å². The fourth-order valence-corrected chi connectivity index (χ4v) is 6.56. The van der Waals surface area contributed by atoms with E-state index in [1.54, 1.807) is 16.4 Å². The molecule has 2 aliphatic rings. The van der Waals surface area contributed by atoms with Gasteiger partial charge in [-0.25, -0.2) is 8.42 Å². The van der Waals surface area contributed by atoms with Gasteiger partial charge in [-0.15, -0.1) is 11.6 Å². The Hall–Kier alpha value is -0.900. The molecule has 1 aromatic rings. The van der Waals surface area contributed by atoms with E-state index in [9.17, 15) is 13.2 Å². The quantitative estimate of drug-likeness (QED) is 0.224. The van der Waals surface area contributed by atoms with Gasteiger partial charge in [-0.2, -0.15) is 4.31 Å². The summed E-state index contributed by atoms with van der Waals surface area (Å²) < 4.78 is 33.4. The molecule has 32 heavy (non-hydrogen) atoms. The lowest BCUT2D eigenvalue weighted by atomic mass is 9.82. The Kier molecular flexibility index (Phi) is 8.85. The molecule has 0 saturated heterocycles. The zero-order chi connectivity index (χ0) is 23.4. The van der Waals surface area contributed by atoms with Gasteiger partial charge in [0.05, 0.1) is 17.4 Å². The minimum atomic E-state index is -3.69. The van der Waals surface area contributed by atoms with Crippen LogP contribution in [0, 0.1) is 18.8 Å². The molecule has 0 bridgehead atoms. The highest BCUT2D eigenvalue weighted by atomic mass is 127. The van der Waals surface area contributed by atoms with Crippen molar-refractivity contribution in [1.82, 2.24) is 4.31 Å². The second-order valence-electron chi connectivity index (χ2n) is 8.61. The molecule has 1 aromatic carbocycles. The van der Waals surface area contributed by atoms with Gasteiger partial charge in [0, 0.05) is 13.1 Å². The number of benzene rings is 1. The number of sulfonamides is 1. The monoisotopic (exact) mass is 591 g/mol. The third-order valence-corrected chi connectivity index (χ3v) is 9.57. The molecule has 5 nitrogen and oxygen atoms in total. The van der Waals surface area contributed by atoms with Crippen LogP contribution in [0.3, 0.4) is 0 Å². The number of nitrogens with zero attached hydrogens (tertiary/aromatic N) is 1. The average molecular weight is 592 g/mol. The molecule has 3 rings (SSSR count). The zero-order valence-electron chi connectivity index (χ0n) is 18.6. The summed E-state index contributed by atoms with van der Waals surface area (Å²) in [6, 6.07) is 6.98. The number of carbonyl (C=O) groups excluding carboxylic acids is 1. The second-order valence-corrected chi connectivity index (χ2v) is 13.7. The molecular formula is C24H31ClINO4S. The van der Waals surface area contributed by atoms with E-state index in [1.165, 1.54) is 0 Å². The van der Waals surface area contributed by atoms with Crippen LogP contribution in [0.5, 0.6) is 0 Å². The average Bonchev–Trinajstić information content (AvgIpc) is 2.75. The summed E-state index contributed by atoms with van der Waals surface area (Å²) in [6.07, 6.45) is 9.60. The fourth-order valence-electron chi connectivity index (χ4n) is 4.25. The predicted molar refractivity (Wildman–Crippen MR) is 136 cm³/mol. The molecular weight excluding hydrogens is 561 g/mol. The molecule has 1 saturated carbocycles. The molecule has 176 valence electrons. The maximum absolute atomic E-state index is 13.6. The number of allylic oxidation sites excluding steroid dienone is 3. The zero-order valence-corrected chi connectivity index (χ0v) is 22.3. The normalized spacial score (nSPS) is 26.1. The maximum Gasteiger partial charge on any atom is 0.308 e. The van der Waals surface area contributed by atoms with Crippen molar-refractivity contribution in [3.05, 3.63) is 53.6 Å². The lowest BCUT2D eigenvalue weighted by molar-refractivity contribution is -0.149. The van der Waals surface area contributed by atoms with Crippen LogP contribution < -0.4 is 0 Å². The van der Waals surface area contributed by atoms with Crippen molar-refractivity contribution in [1.29, 1.82) is 0 Å². The number of hydrogen-bond donors (Lipinski definition) is 0. The van der Waals surface area contributed by atoms with Crippen molar-refractivity contribution >= 4 is 50.2 Å². The first-order chi connectivity index (χ1) is 15.1. The number of rotatable bonds is 8. The summed E-state index contributed by atoms with van der Waals surface area (Å²) in [6.45, 7) is 4.81. The van der Waals surface area contributed by atoms with E-state index in [-0.39, 0.29) is 24.3 Å². The van der Waals surface area contributed by atoms with E-state index in [0.29, 0.717) is 24.5 Å². The highest BCUT2D eigenvalue weighted by molar-refractivity contribution is 14.1. The molecule has 0 heterocycles. The van der Waals surface area contributed by atoms with Crippen molar-refractivity contribution in [2.45, 2.75) is 53.7 Å². The first kappa shape index (κ1) is 25.7. The number of ether oxygens (including phenoxy) is 1. The maximum atomic E-state index is 13.6. The van der Waals surface area contributed by atoms with Crippen LogP contribution in [-0.2, 0) is 19.6 Å². The Morgan fingerprint density at radius 2 is 1.88 bits per heavy atom. The second kappa shape index (κ2) is 11.0. The van der Waals surface area contributed by atoms with Crippen molar-refractivity contribution in [2.24, 2.45) is 11.8 Å². The molecule has 0 amide bonds. The van der Waals surface area contributed by atoms with Gasteiger partial charge in [-0.05, 0) is 69.6 Å². The van der Waals surface area contributed by atoms with Crippen molar-refractivity contribution in [3.8, 4) is 0 Å². The van der Waals surface area contributed by atoms with Gasteiger partial charge < -0.3 is 4.74 Å². The van der Waals surface area contributed by atoms with Gasteiger partial charge in [0.2, 0.25) is 10.0 Å². The van der Waals surface area contributed by atoms with Gasteiger partial charge in [0.1, 0.15) is 2.88 Å². The van der Waals surface area contributed by atoms with Gasteiger partial charge in [0.15, 0.2) is 0 Å². The Morgan fingerprint density at radius 3 is 2.47 bits per heavy atom. The molecule has 1 atom stereocenters. The molecule has 2 aliphatic carbocycles. The predicted octanol–water partition coefficient (Wildman–Crippen LogP) is 5.61. The molecule has 0 aromatic heterocycles. The topological polar surface area (TPSA) is 63.7 Å². The third-order valence-electron chi connectivity index (χ3n) is 6.21. The summed E-state index contributed by atoms with van der Waals surface area (Å²) in [5, 5.41) is 0. The van der Waals surface area contributed by atoms with Crippen LogP contribution >= 0.6 is 34.2 Å². The standard InChI is InChI=1S/C24H31ClINO4S/c1-3-31-23(28)20-11-9-19(10-12-20)16-27(17-21-6-4-5-15-24(21,25)26)32(29,30)22-13-7-18(2)8-14-22/h4-8,13-14,19-20H,3,9-12,15-17H2,1-2H3. The lowest BCUT2D eigenvalue weighted by Crippen LogP contribution is -2.40. The summed E-state index contributed by atoms with van der Waals surface area (Å²) >= 11 is 8.91. The summed E-state index contributed by atoms with van der Waals surface area (Å²) in [7, 11) is -3.69. The molecule has 0 N–H and O–H groups in total. The van der Waals surface area contributed by atoms with Crippen LogP contribution in [0.25, 0.3) is 0 Å². The van der Waals surface area contributed by atoms with Gasteiger partial charge in [0.25, 0.3) is 0 Å². The van der Waals surface area contributed by atoms with Crippen LogP contribution in [0.1, 0.15) is 44.6 Å². The smallest absolute Gasteiger partial charge is 0.308 e. The number of alkyl halides is 2. The Bertz CT molecular complexity index is 964. The lowest BCUT2D eigenvalue weighted by Gasteiger charge is -2.34. The third kappa shape index (κ3) is 6.36. The van der Waals surface area contributed by atoms with Crippen molar-refractivity contribution < 1.29 is 17.9 Å². The number of carbonyl (C=O) groups is 1. The minimum absolute atomic E-state index is 0.0793. The minimum Gasteiger partial charge on any atom is -0.466 e. The van der Waals surface area contributed by atoms with Crippen LogP contribution in [0.2, 0.25) is 0 Å². The van der Waals surface area contributed by atoms with Gasteiger partial charge in [-0.3, -0.25) is 4.79 Å². The number of hydrogen-bond acceptors (Lipinski definition) is 4. The summed E-state index contributed by atoms with van der Waals surface area (Å²) in [5.41, 5.74) is 1.90. The molecule has 1 fully saturated rings. The van der Waals surface area contributed by atoms with E-state index >= 15 is 0 Å². The van der Waals surface area contributed by atoms with Crippen molar-refractivity contribution in [3.63, 3.8) is 0 Å². The van der Waals surface area contributed by atoms with Crippen LogP contribution in [-0.4, -0.2) is 41.3 Å².